The minimum Gasteiger partial charge on any atom is -0.465 e. The van der Waals surface area contributed by atoms with Crippen LogP contribution in [0.3, 0.4) is 0 Å². The summed E-state index contributed by atoms with van der Waals surface area (Å²) >= 11 is 6.85. The number of unbranched alkanes of at least 4 members (excludes halogenated alkanes) is 2. The van der Waals surface area contributed by atoms with Crippen LogP contribution in [0.1, 0.15) is 37.8 Å². The number of nitrogens with one attached hydrogen (secondary N) is 2. The van der Waals surface area contributed by atoms with Gasteiger partial charge in [-0.05, 0) is 41.0 Å². The molecular weight excluding hydrogens is 280 g/mol. The molecule has 1 rings (SSSR count). The lowest BCUT2D eigenvalue weighted by Gasteiger charge is -2.19. The van der Waals surface area contributed by atoms with Crippen molar-refractivity contribution in [1.29, 1.82) is 0 Å². The van der Waals surface area contributed by atoms with Gasteiger partial charge in [0.1, 0.15) is 6.61 Å². The molecule has 0 fully saturated rings. The summed E-state index contributed by atoms with van der Waals surface area (Å²) < 4.78 is 4.84. The topological polar surface area (TPSA) is 50.4 Å². The number of carbonyl (C=O) groups excluding carboxylic acids is 1. The highest BCUT2D eigenvalue weighted by atomic mass is 32.1. The Kier molecular flexibility index (Phi) is 8.16. The minimum absolute atomic E-state index is 0.0948. The first-order valence-corrected chi connectivity index (χ1v) is 7.74. The van der Waals surface area contributed by atoms with Crippen molar-refractivity contribution >= 4 is 35.1 Å². The summed E-state index contributed by atoms with van der Waals surface area (Å²) in [7, 11) is 0. The smallest absolute Gasteiger partial charge is 0.293 e. The van der Waals surface area contributed by atoms with Gasteiger partial charge in [0, 0.05) is 6.54 Å². The van der Waals surface area contributed by atoms with E-state index < -0.39 is 0 Å². The minimum atomic E-state index is -0.0948. The Balaban J connectivity index is 2.39. The lowest BCUT2D eigenvalue weighted by molar-refractivity contribution is -0.129. The number of thiocarbonyl (C=S) groups is 1. The Morgan fingerprint density at radius 2 is 2.42 bits per heavy atom. The van der Waals surface area contributed by atoms with E-state index in [4.69, 9.17) is 17.0 Å². The van der Waals surface area contributed by atoms with Crippen molar-refractivity contribution < 1.29 is 9.53 Å². The molecule has 0 spiro atoms. The van der Waals surface area contributed by atoms with Crippen LogP contribution in [0.2, 0.25) is 0 Å². The average molecular weight is 300 g/mol. The van der Waals surface area contributed by atoms with Crippen LogP contribution in [0.15, 0.2) is 16.8 Å². The van der Waals surface area contributed by atoms with Gasteiger partial charge in [-0.3, -0.25) is 4.79 Å². The number of rotatable bonds is 9. The molecule has 19 heavy (non-hydrogen) atoms. The fourth-order valence-corrected chi connectivity index (χ4v) is 2.57. The van der Waals surface area contributed by atoms with Crippen molar-refractivity contribution in [2.75, 3.05) is 13.2 Å². The lowest BCUT2D eigenvalue weighted by atomic mass is 10.2. The maximum absolute atomic E-state index is 10.3. The van der Waals surface area contributed by atoms with Crippen LogP contribution < -0.4 is 10.6 Å². The number of carbonyl (C=O) groups is 1. The Morgan fingerprint density at radius 1 is 1.58 bits per heavy atom. The molecular formula is C13H20N2O2S2. The molecule has 1 atom stereocenters. The van der Waals surface area contributed by atoms with E-state index in [1.54, 1.807) is 11.3 Å². The molecule has 0 bridgehead atoms. The second kappa shape index (κ2) is 9.75. The lowest BCUT2D eigenvalue weighted by Crippen LogP contribution is -2.39. The van der Waals surface area contributed by atoms with E-state index in [-0.39, 0.29) is 12.6 Å². The molecule has 0 aromatic carbocycles. The first-order valence-electron chi connectivity index (χ1n) is 6.39. The van der Waals surface area contributed by atoms with Gasteiger partial charge in [-0.1, -0.05) is 19.8 Å². The van der Waals surface area contributed by atoms with Crippen LogP contribution >= 0.6 is 23.6 Å². The van der Waals surface area contributed by atoms with Gasteiger partial charge in [0.05, 0.1) is 6.04 Å². The SMILES string of the molecule is CCCCCNC(=S)NC(COC=O)c1ccsc1. The van der Waals surface area contributed by atoms with E-state index in [1.165, 1.54) is 12.8 Å². The Bertz CT molecular complexity index is 369. The Labute approximate surface area is 123 Å². The molecule has 6 heteroatoms. The summed E-state index contributed by atoms with van der Waals surface area (Å²) in [6.07, 6.45) is 3.48. The first kappa shape index (κ1) is 15.9. The molecule has 0 saturated heterocycles. The van der Waals surface area contributed by atoms with Crippen molar-refractivity contribution in [2.24, 2.45) is 0 Å². The normalized spacial score (nSPS) is 11.6. The Morgan fingerprint density at radius 3 is 3.05 bits per heavy atom. The van der Waals surface area contributed by atoms with Crippen LogP contribution in [0.25, 0.3) is 0 Å². The van der Waals surface area contributed by atoms with Gasteiger partial charge in [-0.25, -0.2) is 0 Å². The van der Waals surface area contributed by atoms with Gasteiger partial charge in [0.25, 0.3) is 6.47 Å². The van der Waals surface area contributed by atoms with Crippen LogP contribution in [-0.4, -0.2) is 24.7 Å². The van der Waals surface area contributed by atoms with Gasteiger partial charge >= 0.3 is 0 Å². The molecule has 1 aromatic rings. The molecule has 1 aromatic heterocycles. The molecule has 106 valence electrons. The summed E-state index contributed by atoms with van der Waals surface area (Å²) in [5.41, 5.74) is 1.07. The van der Waals surface area contributed by atoms with Crippen LogP contribution in [-0.2, 0) is 9.53 Å². The summed E-state index contributed by atoms with van der Waals surface area (Å²) in [6.45, 7) is 3.76. The van der Waals surface area contributed by atoms with Crippen molar-refractivity contribution in [2.45, 2.75) is 32.2 Å². The summed E-state index contributed by atoms with van der Waals surface area (Å²) in [5.74, 6) is 0. The maximum Gasteiger partial charge on any atom is 0.293 e. The third-order valence-corrected chi connectivity index (χ3v) is 3.61. The number of hydrogen-bond donors (Lipinski definition) is 2. The van der Waals surface area contributed by atoms with Gasteiger partial charge in [-0.15, -0.1) is 0 Å². The maximum atomic E-state index is 10.3. The average Bonchev–Trinajstić information content (AvgIpc) is 2.93. The molecule has 1 heterocycles. The predicted molar refractivity (Wildman–Crippen MR) is 82.3 cm³/mol. The van der Waals surface area contributed by atoms with Gasteiger partial charge < -0.3 is 15.4 Å². The van der Waals surface area contributed by atoms with E-state index >= 15 is 0 Å². The number of hydrogen-bond acceptors (Lipinski definition) is 4. The molecule has 1 unspecified atom stereocenters. The van der Waals surface area contributed by atoms with Crippen LogP contribution in [0, 0.1) is 0 Å². The summed E-state index contributed by atoms with van der Waals surface area (Å²) in [4.78, 5) is 10.3. The largest absolute Gasteiger partial charge is 0.465 e. The zero-order valence-electron chi connectivity index (χ0n) is 11.1. The molecule has 0 radical (unpaired) electrons. The standard InChI is InChI=1S/C13H20N2O2S2/c1-2-3-4-6-14-13(18)15-12(8-17-10-16)11-5-7-19-9-11/h5,7,9-10,12H,2-4,6,8H2,1H3,(H2,14,15,18). The van der Waals surface area contributed by atoms with Crippen LogP contribution in [0.4, 0.5) is 0 Å². The molecule has 0 amide bonds. The number of ether oxygens (including phenoxy) is 1. The van der Waals surface area contributed by atoms with Crippen molar-refractivity contribution in [1.82, 2.24) is 10.6 Å². The highest BCUT2D eigenvalue weighted by Gasteiger charge is 2.13. The Hall–Kier alpha value is -1.14. The van der Waals surface area contributed by atoms with E-state index in [2.05, 4.69) is 17.6 Å². The first-order chi connectivity index (χ1) is 9.27. The fourth-order valence-electron chi connectivity index (χ4n) is 1.62. The van der Waals surface area contributed by atoms with Gasteiger partial charge in [-0.2, -0.15) is 11.3 Å². The van der Waals surface area contributed by atoms with E-state index in [1.807, 2.05) is 16.8 Å². The molecule has 4 nitrogen and oxygen atoms in total. The summed E-state index contributed by atoms with van der Waals surface area (Å²) in [5, 5.41) is 10.9. The van der Waals surface area contributed by atoms with Crippen molar-refractivity contribution in [3.8, 4) is 0 Å². The second-order valence-corrected chi connectivity index (χ2v) is 5.33. The van der Waals surface area contributed by atoms with E-state index in [0.29, 0.717) is 11.6 Å². The predicted octanol–water partition coefficient (Wildman–Crippen LogP) is 2.62. The molecule has 0 saturated carbocycles. The highest BCUT2D eigenvalue weighted by molar-refractivity contribution is 7.80. The van der Waals surface area contributed by atoms with E-state index in [0.717, 1.165) is 18.5 Å². The van der Waals surface area contributed by atoms with Gasteiger partial charge in [0.2, 0.25) is 0 Å². The third-order valence-electron chi connectivity index (χ3n) is 2.65. The molecule has 0 aliphatic heterocycles. The zero-order chi connectivity index (χ0) is 13.9. The quantitative estimate of drug-likeness (QED) is 0.417. The van der Waals surface area contributed by atoms with Crippen molar-refractivity contribution in [3.05, 3.63) is 22.4 Å². The zero-order valence-corrected chi connectivity index (χ0v) is 12.7. The van der Waals surface area contributed by atoms with Crippen molar-refractivity contribution in [3.63, 3.8) is 0 Å². The number of thiophene rings is 1. The van der Waals surface area contributed by atoms with Gasteiger partial charge in [0.15, 0.2) is 5.11 Å². The molecule has 2 N–H and O–H groups in total. The second-order valence-electron chi connectivity index (χ2n) is 4.15. The molecule has 0 aliphatic carbocycles. The monoisotopic (exact) mass is 300 g/mol. The third kappa shape index (κ3) is 6.54. The van der Waals surface area contributed by atoms with E-state index in [9.17, 15) is 4.79 Å². The summed E-state index contributed by atoms with van der Waals surface area (Å²) in [6, 6.07) is 1.90. The fraction of sp³-hybridized carbons (Fsp3) is 0.538. The van der Waals surface area contributed by atoms with Crippen LogP contribution in [0.5, 0.6) is 0 Å². The molecule has 0 aliphatic rings. The highest BCUT2D eigenvalue weighted by Crippen LogP contribution is 2.16.